The van der Waals surface area contributed by atoms with Crippen LogP contribution >= 0.6 is 0 Å². The first-order valence-corrected chi connectivity index (χ1v) is 7.61. The molecule has 0 bridgehead atoms. The minimum absolute atomic E-state index is 0.748. The van der Waals surface area contributed by atoms with Crippen LogP contribution in [0, 0.1) is 0 Å². The van der Waals surface area contributed by atoms with E-state index in [4.69, 9.17) is 9.47 Å². The molecule has 2 aliphatic heterocycles. The SMILES string of the molecule is c1cc(NCCN2CCOCC2)nc(N2CCOCC2)n1. The lowest BCUT2D eigenvalue weighted by Crippen LogP contribution is -2.39. The molecule has 7 heteroatoms. The number of nitrogens with zero attached hydrogens (tertiary/aromatic N) is 4. The summed E-state index contributed by atoms with van der Waals surface area (Å²) in [6.45, 7) is 8.84. The van der Waals surface area contributed by atoms with Gasteiger partial charge in [0.25, 0.3) is 0 Å². The zero-order valence-electron chi connectivity index (χ0n) is 12.3. The van der Waals surface area contributed by atoms with Crippen LogP contribution in [0.3, 0.4) is 0 Å². The summed E-state index contributed by atoms with van der Waals surface area (Å²) in [5.74, 6) is 1.68. The number of rotatable bonds is 5. The summed E-state index contributed by atoms with van der Waals surface area (Å²) in [6, 6.07) is 1.92. The zero-order valence-corrected chi connectivity index (χ0v) is 12.3. The summed E-state index contributed by atoms with van der Waals surface area (Å²) < 4.78 is 10.7. The predicted octanol–water partition coefficient (Wildman–Crippen LogP) is 0.0573. The van der Waals surface area contributed by atoms with Gasteiger partial charge in [-0.1, -0.05) is 0 Å². The Bertz CT molecular complexity index is 433. The molecule has 0 aromatic carbocycles. The molecule has 1 aromatic rings. The minimum atomic E-state index is 0.748. The van der Waals surface area contributed by atoms with Crippen molar-refractivity contribution in [3.63, 3.8) is 0 Å². The van der Waals surface area contributed by atoms with Crippen molar-refractivity contribution in [3.8, 4) is 0 Å². The van der Waals surface area contributed by atoms with E-state index in [1.54, 1.807) is 0 Å². The highest BCUT2D eigenvalue weighted by atomic mass is 16.5. The number of hydrogen-bond acceptors (Lipinski definition) is 7. The fourth-order valence-electron chi connectivity index (χ4n) is 2.53. The average Bonchev–Trinajstić information content (AvgIpc) is 2.57. The quantitative estimate of drug-likeness (QED) is 0.823. The van der Waals surface area contributed by atoms with Crippen molar-refractivity contribution in [1.82, 2.24) is 14.9 Å². The van der Waals surface area contributed by atoms with Crippen LogP contribution in [0.15, 0.2) is 12.3 Å². The van der Waals surface area contributed by atoms with Gasteiger partial charge in [0.15, 0.2) is 0 Å². The Balaban J connectivity index is 1.48. The fraction of sp³-hybridized carbons (Fsp3) is 0.714. The predicted molar refractivity (Wildman–Crippen MR) is 80.8 cm³/mol. The Labute approximate surface area is 125 Å². The molecule has 0 amide bonds. The van der Waals surface area contributed by atoms with Gasteiger partial charge in [-0.3, -0.25) is 4.90 Å². The molecule has 0 atom stereocenters. The van der Waals surface area contributed by atoms with Gasteiger partial charge in [-0.2, -0.15) is 4.98 Å². The van der Waals surface area contributed by atoms with E-state index in [-0.39, 0.29) is 0 Å². The average molecular weight is 293 g/mol. The second-order valence-corrected chi connectivity index (χ2v) is 5.22. The van der Waals surface area contributed by atoms with Gasteiger partial charge < -0.3 is 19.7 Å². The number of nitrogens with one attached hydrogen (secondary N) is 1. The van der Waals surface area contributed by atoms with Crippen LogP contribution in [0.25, 0.3) is 0 Å². The van der Waals surface area contributed by atoms with Crippen LogP contribution in [0.2, 0.25) is 0 Å². The Morgan fingerprint density at radius 2 is 1.76 bits per heavy atom. The molecule has 1 N–H and O–H groups in total. The van der Waals surface area contributed by atoms with Crippen LogP contribution in [-0.2, 0) is 9.47 Å². The molecular formula is C14H23N5O2. The largest absolute Gasteiger partial charge is 0.379 e. The molecule has 1 aromatic heterocycles. The van der Waals surface area contributed by atoms with Crippen molar-refractivity contribution < 1.29 is 9.47 Å². The lowest BCUT2D eigenvalue weighted by Gasteiger charge is -2.27. The maximum Gasteiger partial charge on any atom is 0.227 e. The normalized spacial score (nSPS) is 20.5. The standard InChI is InChI=1S/C14H23N5O2/c1-2-16-14(19-7-11-21-12-8-19)17-13(1)15-3-4-18-5-9-20-10-6-18/h1-2H,3-12H2,(H,15,16,17). The maximum atomic E-state index is 5.35. The first kappa shape index (κ1) is 14.5. The van der Waals surface area contributed by atoms with Crippen LogP contribution in [0.5, 0.6) is 0 Å². The van der Waals surface area contributed by atoms with E-state index in [1.165, 1.54) is 0 Å². The van der Waals surface area contributed by atoms with Crippen LogP contribution in [0.1, 0.15) is 0 Å². The number of anilines is 2. The van der Waals surface area contributed by atoms with Gasteiger partial charge in [0.2, 0.25) is 5.95 Å². The molecular weight excluding hydrogens is 270 g/mol. The Kier molecular flexibility index (Phi) is 5.20. The van der Waals surface area contributed by atoms with Crippen molar-refractivity contribution in [1.29, 1.82) is 0 Å². The molecule has 0 aliphatic carbocycles. The third-order valence-electron chi connectivity index (χ3n) is 3.77. The molecule has 0 saturated carbocycles. The van der Waals surface area contributed by atoms with Gasteiger partial charge in [-0.25, -0.2) is 4.98 Å². The van der Waals surface area contributed by atoms with Gasteiger partial charge in [0, 0.05) is 45.5 Å². The van der Waals surface area contributed by atoms with Gasteiger partial charge in [0.1, 0.15) is 5.82 Å². The lowest BCUT2D eigenvalue weighted by atomic mass is 10.4. The summed E-state index contributed by atoms with van der Waals surface area (Å²) in [4.78, 5) is 13.5. The third-order valence-corrected chi connectivity index (χ3v) is 3.77. The molecule has 2 fully saturated rings. The van der Waals surface area contributed by atoms with Crippen LogP contribution in [-0.4, -0.2) is 80.6 Å². The molecule has 3 heterocycles. The topological polar surface area (TPSA) is 62.8 Å². The highest BCUT2D eigenvalue weighted by Crippen LogP contribution is 2.12. The van der Waals surface area contributed by atoms with Crippen molar-refractivity contribution in [2.75, 3.05) is 75.9 Å². The van der Waals surface area contributed by atoms with E-state index in [9.17, 15) is 0 Å². The van der Waals surface area contributed by atoms with E-state index in [0.29, 0.717) is 0 Å². The summed E-state index contributed by atoms with van der Waals surface area (Å²) >= 11 is 0. The summed E-state index contributed by atoms with van der Waals surface area (Å²) in [7, 11) is 0. The fourth-order valence-corrected chi connectivity index (χ4v) is 2.53. The zero-order chi connectivity index (χ0) is 14.3. The van der Waals surface area contributed by atoms with Gasteiger partial charge in [-0.15, -0.1) is 0 Å². The Hall–Kier alpha value is -1.44. The smallest absolute Gasteiger partial charge is 0.227 e. The lowest BCUT2D eigenvalue weighted by molar-refractivity contribution is 0.0398. The Morgan fingerprint density at radius 1 is 1.05 bits per heavy atom. The summed E-state index contributed by atoms with van der Waals surface area (Å²) in [5, 5.41) is 3.38. The second-order valence-electron chi connectivity index (χ2n) is 5.22. The first-order chi connectivity index (χ1) is 10.4. The number of aromatic nitrogens is 2. The highest BCUT2D eigenvalue weighted by molar-refractivity contribution is 5.41. The molecule has 3 rings (SSSR count). The van der Waals surface area contributed by atoms with Crippen LogP contribution < -0.4 is 10.2 Å². The first-order valence-electron chi connectivity index (χ1n) is 7.61. The van der Waals surface area contributed by atoms with Crippen molar-refractivity contribution in [2.24, 2.45) is 0 Å². The van der Waals surface area contributed by atoms with Crippen molar-refractivity contribution in [3.05, 3.63) is 12.3 Å². The molecule has 0 unspecified atom stereocenters. The minimum Gasteiger partial charge on any atom is -0.379 e. The molecule has 7 nitrogen and oxygen atoms in total. The number of hydrogen-bond donors (Lipinski definition) is 1. The third kappa shape index (κ3) is 4.26. The molecule has 116 valence electrons. The molecule has 0 radical (unpaired) electrons. The molecule has 2 saturated heterocycles. The van der Waals surface area contributed by atoms with Gasteiger partial charge in [0.05, 0.1) is 26.4 Å². The van der Waals surface area contributed by atoms with Gasteiger partial charge >= 0.3 is 0 Å². The van der Waals surface area contributed by atoms with E-state index >= 15 is 0 Å². The van der Waals surface area contributed by atoms with E-state index < -0.39 is 0 Å². The Morgan fingerprint density at radius 3 is 2.52 bits per heavy atom. The number of ether oxygens (including phenoxy) is 2. The van der Waals surface area contributed by atoms with E-state index in [0.717, 1.165) is 77.5 Å². The van der Waals surface area contributed by atoms with Gasteiger partial charge in [-0.05, 0) is 6.07 Å². The van der Waals surface area contributed by atoms with E-state index in [1.807, 2.05) is 12.3 Å². The summed E-state index contributed by atoms with van der Waals surface area (Å²) in [6.07, 6.45) is 1.81. The molecule has 0 spiro atoms. The monoisotopic (exact) mass is 293 g/mol. The summed E-state index contributed by atoms with van der Waals surface area (Å²) in [5.41, 5.74) is 0. The molecule has 2 aliphatic rings. The van der Waals surface area contributed by atoms with Crippen molar-refractivity contribution in [2.45, 2.75) is 0 Å². The van der Waals surface area contributed by atoms with Crippen LogP contribution in [0.4, 0.5) is 11.8 Å². The number of morpholine rings is 2. The van der Waals surface area contributed by atoms with E-state index in [2.05, 4.69) is 25.1 Å². The maximum absolute atomic E-state index is 5.35. The second kappa shape index (κ2) is 7.53. The highest BCUT2D eigenvalue weighted by Gasteiger charge is 2.14. The van der Waals surface area contributed by atoms with Crippen molar-refractivity contribution >= 4 is 11.8 Å². The molecule has 21 heavy (non-hydrogen) atoms.